The van der Waals surface area contributed by atoms with Crippen molar-refractivity contribution >= 4 is 17.2 Å². The first-order valence-electron chi connectivity index (χ1n) is 16.7. The predicted molar refractivity (Wildman–Crippen MR) is 181 cm³/mol. The van der Waals surface area contributed by atoms with Gasteiger partial charge in [-0.05, 0) is 139 Å². The summed E-state index contributed by atoms with van der Waals surface area (Å²) in [5.74, 6) is 4.04. The molecule has 4 fully saturated rings. The van der Waals surface area contributed by atoms with E-state index < -0.39 is 0 Å². The fourth-order valence-electron chi connectivity index (χ4n) is 11.4. The Bertz CT molecular complexity index is 1130. The Balaban J connectivity index is 0.000000640. The molecule has 1 aromatic rings. The number of fused-ring (bicyclic) bond motifs is 7. The summed E-state index contributed by atoms with van der Waals surface area (Å²) >= 11 is 6.33. The first-order valence-corrected chi connectivity index (χ1v) is 17.1. The van der Waals surface area contributed by atoms with E-state index in [-0.39, 0.29) is 16.6 Å². The first kappa shape index (κ1) is 34.8. The average molecular weight is 595 g/mol. The summed E-state index contributed by atoms with van der Waals surface area (Å²) in [7, 11) is 0. The Morgan fingerprint density at radius 3 is 2.21 bits per heavy atom. The monoisotopic (exact) mass is 594 g/mol. The largest absolute Gasteiger partial charge is 0.506 e. The normalized spacial score (nSPS) is 38.9. The molecule has 6 rings (SSSR count). The van der Waals surface area contributed by atoms with Crippen LogP contribution in [0, 0.1) is 64.1 Å². The lowest BCUT2D eigenvalue weighted by atomic mass is 9.36. The van der Waals surface area contributed by atoms with Gasteiger partial charge < -0.3 is 10.2 Å². The number of benzene rings is 1. The van der Waals surface area contributed by atoms with E-state index in [0.29, 0.717) is 28.4 Å². The molecule has 0 amide bonds. The number of aliphatic hydroxyl groups is 1. The maximum atomic E-state index is 10.4. The molecular weight excluding hydrogens is 536 g/mol. The highest BCUT2D eigenvalue weighted by Gasteiger charge is 2.65. The number of aromatic hydroxyl groups is 1. The van der Waals surface area contributed by atoms with Crippen molar-refractivity contribution in [3.05, 3.63) is 47.5 Å². The molecule has 0 bridgehead atoms. The maximum Gasteiger partial charge on any atom is 0.134 e. The number of hydrogen-bond acceptors (Lipinski definition) is 2. The lowest BCUT2D eigenvalue weighted by Gasteiger charge is -2.68. The molecule has 0 heterocycles. The second-order valence-corrected chi connectivity index (χ2v) is 15.1. The minimum Gasteiger partial charge on any atom is -0.506 e. The lowest BCUT2D eigenvalue weighted by Crippen LogP contribution is -2.61. The number of hydrogen-bond donors (Lipinski definition) is 2. The van der Waals surface area contributed by atoms with E-state index in [4.69, 9.17) is 11.6 Å². The molecule has 3 heteroatoms. The molecule has 1 aromatic carbocycles. The minimum absolute atomic E-state index is 0.0789. The first-order chi connectivity index (χ1) is 20.0. The zero-order valence-electron chi connectivity index (χ0n) is 27.7. The molecule has 0 aromatic heterocycles. The van der Waals surface area contributed by atoms with Crippen LogP contribution in [0.2, 0.25) is 5.02 Å². The van der Waals surface area contributed by atoms with Crippen LogP contribution in [-0.2, 0) is 0 Å². The van der Waals surface area contributed by atoms with Crippen LogP contribution in [0.1, 0.15) is 118 Å². The number of allylic oxidation sites excluding steroid dienone is 3. The highest BCUT2D eigenvalue weighted by molar-refractivity contribution is 6.32. The second-order valence-electron chi connectivity index (χ2n) is 14.7. The predicted octanol–water partition coefficient (Wildman–Crippen LogP) is 11.0. The van der Waals surface area contributed by atoms with Gasteiger partial charge in [-0.1, -0.05) is 77.8 Å². The molecule has 234 valence electrons. The van der Waals surface area contributed by atoms with Crippen LogP contribution in [-0.4, -0.2) is 16.8 Å². The zero-order chi connectivity index (χ0) is 31.5. The van der Waals surface area contributed by atoms with Gasteiger partial charge in [0.25, 0.3) is 0 Å². The molecule has 8 atom stereocenters. The van der Waals surface area contributed by atoms with Crippen molar-refractivity contribution in [2.45, 2.75) is 113 Å². The van der Waals surface area contributed by atoms with Gasteiger partial charge in [-0.2, -0.15) is 0 Å². The van der Waals surface area contributed by atoms with E-state index in [1.807, 2.05) is 32.9 Å². The summed E-state index contributed by atoms with van der Waals surface area (Å²) < 4.78 is 0. The summed E-state index contributed by atoms with van der Waals surface area (Å²) in [5, 5.41) is 20.8. The fraction of sp³-hybridized carbons (Fsp3) is 0.692. The third-order valence-electron chi connectivity index (χ3n) is 12.8. The van der Waals surface area contributed by atoms with E-state index in [1.165, 1.54) is 68.9 Å². The number of phenolic OH excluding ortho intramolecular Hbond substituents is 1. The van der Waals surface area contributed by atoms with E-state index in [0.717, 1.165) is 30.1 Å². The van der Waals surface area contributed by atoms with E-state index in [9.17, 15) is 10.2 Å². The third kappa shape index (κ3) is 5.52. The molecule has 5 aliphatic rings. The lowest BCUT2D eigenvalue weighted by molar-refractivity contribution is -0.181. The van der Waals surface area contributed by atoms with Crippen LogP contribution >= 0.6 is 11.6 Å². The molecule has 0 spiro atoms. The number of halogens is 1. The van der Waals surface area contributed by atoms with Crippen LogP contribution < -0.4 is 0 Å². The highest BCUT2D eigenvalue weighted by atomic mass is 35.5. The maximum absolute atomic E-state index is 10.4. The summed E-state index contributed by atoms with van der Waals surface area (Å²) in [5.41, 5.74) is 3.67. The Morgan fingerprint density at radius 1 is 0.929 bits per heavy atom. The Hall–Kier alpha value is -1.69. The van der Waals surface area contributed by atoms with Crippen molar-refractivity contribution < 1.29 is 10.2 Å². The smallest absolute Gasteiger partial charge is 0.134 e. The molecule has 0 saturated heterocycles. The molecule has 4 unspecified atom stereocenters. The van der Waals surface area contributed by atoms with Gasteiger partial charge >= 0.3 is 0 Å². The van der Waals surface area contributed by atoms with Gasteiger partial charge in [0.05, 0.1) is 5.02 Å². The molecule has 5 aliphatic carbocycles. The third-order valence-corrected chi connectivity index (χ3v) is 13.1. The van der Waals surface area contributed by atoms with Gasteiger partial charge in [-0.15, -0.1) is 19.4 Å². The Morgan fingerprint density at radius 2 is 1.60 bits per heavy atom. The number of phenols is 1. The average Bonchev–Trinajstić information content (AvgIpc) is 3.42. The quantitative estimate of drug-likeness (QED) is 0.264. The summed E-state index contributed by atoms with van der Waals surface area (Å²) in [6.07, 6.45) is 25.4. The molecule has 42 heavy (non-hydrogen) atoms. The van der Waals surface area contributed by atoms with E-state index >= 15 is 0 Å². The van der Waals surface area contributed by atoms with Gasteiger partial charge in [0.2, 0.25) is 0 Å². The summed E-state index contributed by atoms with van der Waals surface area (Å²) in [4.78, 5) is 0. The molecule has 4 saturated carbocycles. The molecule has 0 aliphatic heterocycles. The van der Waals surface area contributed by atoms with Crippen molar-refractivity contribution in [2.24, 2.45) is 51.2 Å². The number of terminal acetylenes is 1. The summed E-state index contributed by atoms with van der Waals surface area (Å²) in [6, 6.07) is 5.76. The Kier molecular flexibility index (Phi) is 11.2. The van der Waals surface area contributed by atoms with Crippen molar-refractivity contribution in [1.29, 1.82) is 0 Å². The van der Waals surface area contributed by atoms with E-state index in [2.05, 4.69) is 53.2 Å². The second kappa shape index (κ2) is 13.5. The van der Waals surface area contributed by atoms with E-state index in [1.54, 1.807) is 12.1 Å². The molecule has 0 radical (unpaired) electrons. The van der Waals surface area contributed by atoms with Crippen molar-refractivity contribution in [1.82, 2.24) is 0 Å². The fourth-order valence-corrected chi connectivity index (χ4v) is 11.6. The molecule has 2 N–H and O–H groups in total. The van der Waals surface area contributed by atoms with Crippen molar-refractivity contribution in [3.63, 3.8) is 0 Å². The van der Waals surface area contributed by atoms with Crippen LogP contribution in [0.15, 0.2) is 36.9 Å². The highest BCUT2D eigenvalue weighted by Crippen LogP contribution is 2.73. The topological polar surface area (TPSA) is 40.5 Å². The Labute approximate surface area is 263 Å². The SMILES string of the molecule is C#C.C=CC.CC.CC1(C)C(c2ccc(O)c(Cl)c2)=CC[C@@]2(C)C1CC[C@@]1(C)C3CC[C@@]4(CO)CCCC4[C@H]3CCC12. The van der Waals surface area contributed by atoms with Crippen molar-refractivity contribution in [2.75, 3.05) is 6.61 Å². The van der Waals surface area contributed by atoms with Crippen LogP contribution in [0.25, 0.3) is 5.57 Å². The standard InChI is InChI=1S/C32H45ClO2.C3H6.C2H6.C2H2/c1-29(2)22(20-7-9-26(35)25(33)18-20)11-15-31(4)27(29)13-16-30(3)23-12-17-32(19-34)14-5-6-24(32)21(23)8-10-28(30)31;1-3-2;2*1-2/h7,9,11,18,21,23-24,27-28,34-35H,5-6,8,10,12-17,19H2,1-4H3;3H,1H2,2H3;1-2H3;1-2H/t21-,23?,24?,27?,28?,30-,31-,32+;;;/m0.../s1. The van der Waals surface area contributed by atoms with Gasteiger partial charge in [0.1, 0.15) is 5.75 Å². The van der Waals surface area contributed by atoms with Crippen molar-refractivity contribution in [3.8, 4) is 18.6 Å². The van der Waals surface area contributed by atoms with Gasteiger partial charge in [0.15, 0.2) is 0 Å². The summed E-state index contributed by atoms with van der Waals surface area (Å²) in [6.45, 7) is 19.9. The van der Waals surface area contributed by atoms with Crippen LogP contribution in [0.4, 0.5) is 0 Å². The van der Waals surface area contributed by atoms with Gasteiger partial charge in [0, 0.05) is 6.61 Å². The van der Waals surface area contributed by atoms with Gasteiger partial charge in [-0.25, -0.2) is 0 Å². The zero-order valence-corrected chi connectivity index (χ0v) is 28.4. The molecule has 2 nitrogen and oxygen atoms in total. The van der Waals surface area contributed by atoms with Crippen LogP contribution in [0.3, 0.4) is 0 Å². The molecular formula is C39H59ClO2. The van der Waals surface area contributed by atoms with Gasteiger partial charge in [-0.3, -0.25) is 0 Å². The number of aliphatic hydroxyl groups excluding tert-OH is 1. The number of rotatable bonds is 2. The minimum atomic E-state index is 0.0789. The van der Waals surface area contributed by atoms with Crippen LogP contribution in [0.5, 0.6) is 5.75 Å².